The number of fused-ring (bicyclic) bond motifs is 1. The predicted molar refractivity (Wildman–Crippen MR) is 64.0 cm³/mol. The van der Waals surface area contributed by atoms with Gasteiger partial charge in [-0.2, -0.15) is 0 Å². The van der Waals surface area contributed by atoms with Crippen LogP contribution in [0.25, 0.3) is 10.9 Å². The van der Waals surface area contributed by atoms with Crippen LogP contribution in [-0.2, 0) is 11.8 Å². The monoisotopic (exact) mass is 237 g/mol. The summed E-state index contributed by atoms with van der Waals surface area (Å²) in [4.78, 5) is 11.6. The molecule has 0 bridgehead atoms. The van der Waals surface area contributed by atoms with Gasteiger partial charge < -0.3 is 9.30 Å². The van der Waals surface area contributed by atoms with Gasteiger partial charge >= 0.3 is 5.97 Å². The number of carbonyl (C=O) groups excluding carboxylic acids is 1. The van der Waals surface area contributed by atoms with E-state index in [-0.39, 0.29) is 5.97 Å². The first-order valence-electron chi connectivity index (χ1n) is 4.89. The minimum Gasteiger partial charge on any atom is -0.464 e. The molecule has 0 atom stereocenters. The average Bonchev–Trinajstić information content (AvgIpc) is 2.51. The molecular formula is C12H12ClNO2. The molecule has 0 radical (unpaired) electrons. The topological polar surface area (TPSA) is 31.2 Å². The molecule has 0 fully saturated rings. The van der Waals surface area contributed by atoms with E-state index in [1.54, 1.807) is 0 Å². The van der Waals surface area contributed by atoms with Crippen molar-refractivity contribution < 1.29 is 9.53 Å². The van der Waals surface area contributed by atoms with Crippen LogP contribution in [0, 0.1) is 6.92 Å². The van der Waals surface area contributed by atoms with Gasteiger partial charge in [0.15, 0.2) is 0 Å². The first kappa shape index (κ1) is 11.0. The Kier molecular flexibility index (Phi) is 2.64. The van der Waals surface area contributed by atoms with Crippen LogP contribution >= 0.6 is 11.6 Å². The van der Waals surface area contributed by atoms with E-state index in [0.717, 1.165) is 16.5 Å². The fourth-order valence-electron chi connectivity index (χ4n) is 1.99. The summed E-state index contributed by atoms with van der Waals surface area (Å²) in [7, 11) is 3.22. The number of aryl methyl sites for hydroxylation is 2. The highest BCUT2D eigenvalue weighted by atomic mass is 35.5. The molecular weight excluding hydrogens is 226 g/mol. The van der Waals surface area contributed by atoms with Crippen molar-refractivity contribution in [3.05, 3.63) is 34.5 Å². The zero-order valence-corrected chi connectivity index (χ0v) is 10.1. The number of ether oxygens (including phenoxy) is 1. The summed E-state index contributed by atoms with van der Waals surface area (Å²) in [6.07, 6.45) is 0. The molecule has 0 aliphatic carbocycles. The molecule has 1 aromatic heterocycles. The van der Waals surface area contributed by atoms with Gasteiger partial charge in [0.05, 0.1) is 7.11 Å². The Morgan fingerprint density at radius 3 is 2.75 bits per heavy atom. The maximum absolute atomic E-state index is 11.6. The van der Waals surface area contributed by atoms with E-state index in [2.05, 4.69) is 0 Å². The van der Waals surface area contributed by atoms with Gasteiger partial charge in [0.25, 0.3) is 0 Å². The molecule has 1 heterocycles. The maximum Gasteiger partial charge on any atom is 0.354 e. The largest absolute Gasteiger partial charge is 0.464 e. The van der Waals surface area contributed by atoms with Crippen molar-refractivity contribution in [1.29, 1.82) is 0 Å². The Labute approximate surface area is 98.6 Å². The van der Waals surface area contributed by atoms with Crippen molar-refractivity contribution in [3.63, 3.8) is 0 Å². The minimum atomic E-state index is -0.327. The number of nitrogens with zero attached hydrogens (tertiary/aromatic N) is 1. The van der Waals surface area contributed by atoms with Crippen molar-refractivity contribution in [2.24, 2.45) is 7.05 Å². The number of aromatic nitrogens is 1. The minimum absolute atomic E-state index is 0.327. The van der Waals surface area contributed by atoms with E-state index < -0.39 is 0 Å². The van der Waals surface area contributed by atoms with Crippen LogP contribution < -0.4 is 0 Å². The van der Waals surface area contributed by atoms with Crippen LogP contribution in [0.5, 0.6) is 0 Å². The third kappa shape index (κ3) is 1.48. The fourth-order valence-corrected chi connectivity index (χ4v) is 2.16. The van der Waals surface area contributed by atoms with Gasteiger partial charge in [-0.05, 0) is 30.7 Å². The molecule has 3 nitrogen and oxygen atoms in total. The van der Waals surface area contributed by atoms with Crippen molar-refractivity contribution >= 4 is 28.5 Å². The standard InChI is InChI=1S/C12H12ClNO2/c1-7-9-6-8(13)4-5-10(9)14(2)11(7)12(15)16-3/h4-6H,1-3H3. The van der Waals surface area contributed by atoms with Gasteiger partial charge in [-0.15, -0.1) is 0 Å². The van der Waals surface area contributed by atoms with E-state index in [4.69, 9.17) is 16.3 Å². The summed E-state index contributed by atoms with van der Waals surface area (Å²) in [6, 6.07) is 5.57. The molecule has 0 saturated heterocycles. The van der Waals surface area contributed by atoms with Crippen molar-refractivity contribution in [2.75, 3.05) is 7.11 Å². The highest BCUT2D eigenvalue weighted by molar-refractivity contribution is 6.31. The van der Waals surface area contributed by atoms with E-state index in [1.165, 1.54) is 7.11 Å². The molecule has 2 rings (SSSR count). The van der Waals surface area contributed by atoms with Crippen LogP contribution in [0.3, 0.4) is 0 Å². The van der Waals surface area contributed by atoms with Crippen LogP contribution in [0.1, 0.15) is 16.1 Å². The number of hydrogen-bond acceptors (Lipinski definition) is 2. The summed E-state index contributed by atoms with van der Waals surface area (Å²) >= 11 is 5.94. The first-order valence-corrected chi connectivity index (χ1v) is 5.27. The molecule has 4 heteroatoms. The van der Waals surface area contributed by atoms with Gasteiger partial charge in [0, 0.05) is 23.0 Å². The van der Waals surface area contributed by atoms with Gasteiger partial charge in [-0.3, -0.25) is 0 Å². The van der Waals surface area contributed by atoms with E-state index in [1.807, 2.05) is 36.7 Å². The van der Waals surface area contributed by atoms with E-state index in [9.17, 15) is 4.79 Å². The Morgan fingerprint density at radius 2 is 2.12 bits per heavy atom. The zero-order chi connectivity index (χ0) is 11.9. The third-order valence-electron chi connectivity index (χ3n) is 2.79. The molecule has 1 aromatic carbocycles. The van der Waals surface area contributed by atoms with Crippen molar-refractivity contribution in [3.8, 4) is 0 Å². The number of rotatable bonds is 1. The number of carbonyl (C=O) groups is 1. The van der Waals surface area contributed by atoms with Crippen molar-refractivity contribution in [2.45, 2.75) is 6.92 Å². The van der Waals surface area contributed by atoms with Crippen molar-refractivity contribution in [1.82, 2.24) is 4.57 Å². The second kappa shape index (κ2) is 3.83. The molecule has 2 aromatic rings. The molecule has 0 aliphatic rings. The Morgan fingerprint density at radius 1 is 1.44 bits per heavy atom. The Bertz CT molecular complexity index is 572. The number of hydrogen-bond donors (Lipinski definition) is 0. The summed E-state index contributed by atoms with van der Waals surface area (Å²) < 4.78 is 6.59. The third-order valence-corrected chi connectivity index (χ3v) is 3.03. The molecule has 0 saturated carbocycles. The lowest BCUT2D eigenvalue weighted by Gasteiger charge is -2.02. The maximum atomic E-state index is 11.6. The van der Waals surface area contributed by atoms with Gasteiger partial charge in [-0.1, -0.05) is 11.6 Å². The van der Waals surface area contributed by atoms with Crippen LogP contribution in [0.15, 0.2) is 18.2 Å². The van der Waals surface area contributed by atoms with Crippen LogP contribution in [-0.4, -0.2) is 17.6 Å². The molecule has 0 amide bonds. The quantitative estimate of drug-likeness (QED) is 0.714. The zero-order valence-electron chi connectivity index (χ0n) is 9.37. The number of halogens is 1. The fraction of sp³-hybridized carbons (Fsp3) is 0.250. The Balaban J connectivity index is 2.81. The van der Waals surface area contributed by atoms with E-state index in [0.29, 0.717) is 10.7 Å². The summed E-state index contributed by atoms with van der Waals surface area (Å²) in [5.41, 5.74) is 2.44. The molecule has 0 spiro atoms. The molecule has 84 valence electrons. The van der Waals surface area contributed by atoms with Gasteiger partial charge in [-0.25, -0.2) is 4.79 Å². The first-order chi connectivity index (χ1) is 7.56. The lowest BCUT2D eigenvalue weighted by molar-refractivity contribution is 0.0589. The number of methoxy groups -OCH3 is 1. The van der Waals surface area contributed by atoms with Crippen LogP contribution in [0.4, 0.5) is 0 Å². The number of benzene rings is 1. The highest BCUT2D eigenvalue weighted by Crippen LogP contribution is 2.27. The molecule has 0 N–H and O–H groups in total. The number of esters is 1. The smallest absolute Gasteiger partial charge is 0.354 e. The predicted octanol–water partition coefficient (Wildman–Crippen LogP) is 2.93. The van der Waals surface area contributed by atoms with E-state index >= 15 is 0 Å². The van der Waals surface area contributed by atoms with Gasteiger partial charge in [0.1, 0.15) is 5.69 Å². The lowest BCUT2D eigenvalue weighted by atomic mass is 10.1. The average molecular weight is 238 g/mol. The molecule has 0 unspecified atom stereocenters. The summed E-state index contributed by atoms with van der Waals surface area (Å²) in [6.45, 7) is 1.89. The van der Waals surface area contributed by atoms with Crippen LogP contribution in [0.2, 0.25) is 5.02 Å². The molecule has 16 heavy (non-hydrogen) atoms. The second-order valence-corrected chi connectivity index (χ2v) is 4.12. The highest BCUT2D eigenvalue weighted by Gasteiger charge is 2.18. The SMILES string of the molecule is COC(=O)c1c(C)c2cc(Cl)ccc2n1C. The second-order valence-electron chi connectivity index (χ2n) is 3.69. The summed E-state index contributed by atoms with van der Waals surface area (Å²) in [5.74, 6) is -0.327. The normalized spacial score (nSPS) is 10.8. The Hall–Kier alpha value is -1.48. The molecule has 0 aliphatic heterocycles. The lowest BCUT2D eigenvalue weighted by Crippen LogP contribution is -2.08. The summed E-state index contributed by atoms with van der Waals surface area (Å²) in [5, 5.41) is 1.65. The van der Waals surface area contributed by atoms with Gasteiger partial charge in [0.2, 0.25) is 0 Å².